The summed E-state index contributed by atoms with van der Waals surface area (Å²) >= 11 is 0. The fourth-order valence-corrected chi connectivity index (χ4v) is 1.13. The van der Waals surface area contributed by atoms with Gasteiger partial charge in [-0.25, -0.2) is 0 Å². The number of hydrogen-bond acceptors (Lipinski definition) is 1. The van der Waals surface area contributed by atoms with Crippen molar-refractivity contribution in [3.05, 3.63) is 42.2 Å². The van der Waals surface area contributed by atoms with Gasteiger partial charge in [0.25, 0.3) is 0 Å². The third-order valence-electron chi connectivity index (χ3n) is 1.92. The van der Waals surface area contributed by atoms with Crippen LogP contribution < -0.4 is 0 Å². The van der Waals surface area contributed by atoms with Gasteiger partial charge in [0.15, 0.2) is 0 Å². The molecule has 1 aromatic rings. The average molecular weight is 190 g/mol. The molecule has 14 heavy (non-hydrogen) atoms. The Labute approximate surface area is 86.4 Å². The number of benzene rings is 1. The minimum Gasteiger partial charge on any atom is -0.501 e. The lowest BCUT2D eigenvalue weighted by molar-refractivity contribution is 0.212. The summed E-state index contributed by atoms with van der Waals surface area (Å²) in [6.45, 7) is 7.14. The molecule has 1 nitrogen and oxygen atoms in total. The van der Waals surface area contributed by atoms with Crippen LogP contribution >= 0.6 is 0 Å². The van der Waals surface area contributed by atoms with E-state index >= 15 is 0 Å². The molecular formula is C13H18O. The van der Waals surface area contributed by atoms with Gasteiger partial charge in [-0.05, 0) is 24.0 Å². The largest absolute Gasteiger partial charge is 0.501 e. The molecule has 0 saturated carbocycles. The van der Waals surface area contributed by atoms with E-state index in [-0.39, 0.29) is 0 Å². The molecule has 0 bridgehead atoms. The van der Waals surface area contributed by atoms with Crippen molar-refractivity contribution in [2.24, 2.45) is 5.92 Å². The van der Waals surface area contributed by atoms with E-state index in [4.69, 9.17) is 4.74 Å². The van der Waals surface area contributed by atoms with Gasteiger partial charge in [0.05, 0.1) is 12.9 Å². The first-order valence-corrected chi connectivity index (χ1v) is 5.04. The highest BCUT2D eigenvalue weighted by Crippen LogP contribution is 2.12. The summed E-state index contributed by atoms with van der Waals surface area (Å²) in [7, 11) is 0. The molecule has 0 aliphatic heterocycles. The van der Waals surface area contributed by atoms with Crippen LogP contribution in [0.2, 0.25) is 0 Å². The summed E-state index contributed by atoms with van der Waals surface area (Å²) in [6, 6.07) is 10.3. The van der Waals surface area contributed by atoms with E-state index in [1.807, 2.05) is 24.5 Å². The second-order valence-electron chi connectivity index (χ2n) is 3.89. The van der Waals surface area contributed by atoms with Crippen LogP contribution in [-0.2, 0) is 4.74 Å². The lowest BCUT2D eigenvalue weighted by Gasteiger charge is -2.05. The minimum atomic E-state index is 0.579. The first kappa shape index (κ1) is 10.8. The third-order valence-corrected chi connectivity index (χ3v) is 1.92. The molecule has 0 aliphatic rings. The van der Waals surface area contributed by atoms with Crippen molar-refractivity contribution in [1.82, 2.24) is 0 Å². The van der Waals surface area contributed by atoms with Gasteiger partial charge in [-0.3, -0.25) is 0 Å². The van der Waals surface area contributed by atoms with Crippen LogP contribution in [0.4, 0.5) is 0 Å². The zero-order valence-electron chi connectivity index (χ0n) is 9.16. The van der Waals surface area contributed by atoms with Crippen LogP contribution in [0.15, 0.2) is 36.6 Å². The Morgan fingerprint density at radius 2 is 1.93 bits per heavy atom. The van der Waals surface area contributed by atoms with Gasteiger partial charge in [0.2, 0.25) is 0 Å². The predicted octanol–water partition coefficient (Wildman–Crippen LogP) is 3.72. The molecule has 0 amide bonds. The maximum Gasteiger partial charge on any atom is 0.0896 e. The van der Waals surface area contributed by atoms with Crippen molar-refractivity contribution >= 4 is 5.57 Å². The molecule has 0 unspecified atom stereocenters. The van der Waals surface area contributed by atoms with Gasteiger partial charge in [-0.2, -0.15) is 0 Å². The van der Waals surface area contributed by atoms with Crippen molar-refractivity contribution in [2.45, 2.75) is 20.8 Å². The molecule has 0 spiro atoms. The normalized spacial score (nSPS) is 11.9. The first-order chi connectivity index (χ1) is 6.70. The summed E-state index contributed by atoms with van der Waals surface area (Å²) < 4.78 is 5.45. The van der Waals surface area contributed by atoms with Crippen molar-refractivity contribution < 1.29 is 4.74 Å². The van der Waals surface area contributed by atoms with Crippen molar-refractivity contribution in [3.63, 3.8) is 0 Å². The van der Waals surface area contributed by atoms with Crippen molar-refractivity contribution in [3.8, 4) is 0 Å². The SMILES string of the molecule is CC(=COCC(C)C)c1ccccc1. The summed E-state index contributed by atoms with van der Waals surface area (Å²) in [5.74, 6) is 0.579. The van der Waals surface area contributed by atoms with Crippen LogP contribution in [0.5, 0.6) is 0 Å². The maximum atomic E-state index is 5.45. The third kappa shape index (κ3) is 3.65. The molecule has 0 fully saturated rings. The van der Waals surface area contributed by atoms with Crippen molar-refractivity contribution in [1.29, 1.82) is 0 Å². The van der Waals surface area contributed by atoms with E-state index in [1.54, 1.807) is 0 Å². The van der Waals surface area contributed by atoms with Gasteiger partial charge in [-0.1, -0.05) is 44.2 Å². The molecule has 0 atom stereocenters. The van der Waals surface area contributed by atoms with E-state index in [1.165, 1.54) is 11.1 Å². The Kier molecular flexibility index (Phi) is 4.24. The van der Waals surface area contributed by atoms with Crippen LogP contribution in [0.3, 0.4) is 0 Å². The number of allylic oxidation sites excluding steroid dienone is 1. The van der Waals surface area contributed by atoms with Gasteiger partial charge in [0, 0.05) is 0 Å². The average Bonchev–Trinajstić information content (AvgIpc) is 2.18. The highest BCUT2D eigenvalue weighted by Gasteiger charge is 1.95. The number of hydrogen-bond donors (Lipinski definition) is 0. The fourth-order valence-electron chi connectivity index (χ4n) is 1.13. The Hall–Kier alpha value is -1.24. The molecule has 0 aromatic heterocycles. The molecule has 0 heterocycles. The summed E-state index contributed by atoms with van der Waals surface area (Å²) in [4.78, 5) is 0. The lowest BCUT2D eigenvalue weighted by Crippen LogP contribution is -1.97. The van der Waals surface area contributed by atoms with E-state index in [9.17, 15) is 0 Å². The molecule has 0 radical (unpaired) electrons. The van der Waals surface area contributed by atoms with Crippen LogP contribution in [0.1, 0.15) is 26.3 Å². The van der Waals surface area contributed by atoms with Gasteiger partial charge in [0.1, 0.15) is 0 Å². The molecular weight excluding hydrogens is 172 g/mol. The standard InChI is InChI=1S/C13H18O/c1-11(2)9-14-10-12(3)13-7-5-4-6-8-13/h4-8,10-11H,9H2,1-3H3. The molecule has 0 saturated heterocycles. The minimum absolute atomic E-state index is 0.579. The molecule has 76 valence electrons. The smallest absolute Gasteiger partial charge is 0.0896 e. The summed E-state index contributed by atoms with van der Waals surface area (Å²) in [6.07, 6.45) is 1.84. The van der Waals surface area contributed by atoms with E-state index in [0.29, 0.717) is 5.92 Å². The number of ether oxygens (including phenoxy) is 1. The first-order valence-electron chi connectivity index (χ1n) is 5.04. The molecule has 0 aliphatic carbocycles. The topological polar surface area (TPSA) is 9.23 Å². The highest BCUT2D eigenvalue weighted by atomic mass is 16.5. The zero-order chi connectivity index (χ0) is 10.4. The zero-order valence-corrected chi connectivity index (χ0v) is 9.16. The highest BCUT2D eigenvalue weighted by molar-refractivity contribution is 5.62. The van der Waals surface area contributed by atoms with E-state index in [0.717, 1.165) is 6.61 Å². The summed E-state index contributed by atoms with van der Waals surface area (Å²) in [5, 5.41) is 0. The second-order valence-corrected chi connectivity index (χ2v) is 3.89. The molecule has 1 heteroatoms. The van der Waals surface area contributed by atoms with Gasteiger partial charge < -0.3 is 4.74 Å². The van der Waals surface area contributed by atoms with E-state index < -0.39 is 0 Å². The Morgan fingerprint density at radius 1 is 1.29 bits per heavy atom. The Morgan fingerprint density at radius 3 is 2.50 bits per heavy atom. The van der Waals surface area contributed by atoms with Crippen LogP contribution in [0, 0.1) is 5.92 Å². The van der Waals surface area contributed by atoms with E-state index in [2.05, 4.69) is 32.9 Å². The maximum absolute atomic E-state index is 5.45. The van der Waals surface area contributed by atoms with Gasteiger partial charge in [-0.15, -0.1) is 0 Å². The number of rotatable bonds is 4. The fraction of sp³-hybridized carbons (Fsp3) is 0.385. The quantitative estimate of drug-likeness (QED) is 0.657. The molecule has 1 rings (SSSR count). The lowest BCUT2D eigenvalue weighted by atomic mass is 10.1. The summed E-state index contributed by atoms with van der Waals surface area (Å²) in [5.41, 5.74) is 2.39. The van der Waals surface area contributed by atoms with Crippen LogP contribution in [-0.4, -0.2) is 6.61 Å². The molecule has 1 aromatic carbocycles. The predicted molar refractivity (Wildman–Crippen MR) is 60.9 cm³/mol. The van der Waals surface area contributed by atoms with Crippen LogP contribution in [0.25, 0.3) is 5.57 Å². The molecule has 0 N–H and O–H groups in total. The van der Waals surface area contributed by atoms with Gasteiger partial charge >= 0.3 is 0 Å². The Balaban J connectivity index is 2.53. The monoisotopic (exact) mass is 190 g/mol. The second kappa shape index (κ2) is 5.48. The Bertz CT molecular complexity index is 285. The van der Waals surface area contributed by atoms with Crippen molar-refractivity contribution in [2.75, 3.05) is 6.61 Å².